The fourth-order valence-corrected chi connectivity index (χ4v) is 1.31. The molecule has 0 heterocycles. The quantitative estimate of drug-likeness (QED) is 0.496. The number of anilines is 1. The Hall–Kier alpha value is -2.22. The summed E-state index contributed by atoms with van der Waals surface area (Å²) in [5, 5.41) is 2.59. The highest BCUT2D eigenvalue weighted by Gasteiger charge is 2.15. The second kappa shape index (κ2) is 6.80. The van der Waals surface area contributed by atoms with Gasteiger partial charge in [-0.15, -0.1) is 0 Å². The molecule has 0 saturated heterocycles. The summed E-state index contributed by atoms with van der Waals surface area (Å²) in [6, 6.07) is 4.40. The maximum Gasteiger partial charge on any atom is 0.407 e. The number of nitrogens with two attached hydrogens (primary N) is 1. The number of hydrogen-bond donors (Lipinski definition) is 2. The number of halogens is 1. The van der Waals surface area contributed by atoms with Crippen molar-refractivity contribution in [1.82, 2.24) is 5.32 Å². The van der Waals surface area contributed by atoms with Crippen LogP contribution in [0.3, 0.4) is 0 Å². The molecule has 0 radical (unpaired) electrons. The summed E-state index contributed by atoms with van der Waals surface area (Å²) in [7, 11) is 0. The summed E-state index contributed by atoms with van der Waals surface area (Å²) in [6.45, 7) is 5.76. The maximum absolute atomic E-state index is 13.2. The average Bonchev–Trinajstić information content (AvgIpc) is 2.31. The minimum atomic E-state index is -0.517. The molecule has 3 N–H and O–H groups in total. The van der Waals surface area contributed by atoms with Crippen molar-refractivity contribution in [3.8, 4) is 11.8 Å². The molecular weight excluding hydrogens is 259 g/mol. The number of alkyl carbamates (subject to hydrolysis) is 1. The van der Waals surface area contributed by atoms with Crippen molar-refractivity contribution in [3.63, 3.8) is 0 Å². The molecule has 0 atom stereocenters. The van der Waals surface area contributed by atoms with Crippen molar-refractivity contribution >= 4 is 11.8 Å². The Morgan fingerprint density at radius 2 is 2.15 bits per heavy atom. The molecule has 20 heavy (non-hydrogen) atoms. The van der Waals surface area contributed by atoms with Crippen LogP contribution in [0.2, 0.25) is 0 Å². The fraction of sp³-hybridized carbons (Fsp3) is 0.400. The van der Waals surface area contributed by atoms with E-state index < -0.39 is 17.5 Å². The molecule has 4 nitrogen and oxygen atoms in total. The van der Waals surface area contributed by atoms with Crippen LogP contribution in [0.1, 0.15) is 32.8 Å². The first-order chi connectivity index (χ1) is 9.28. The first kappa shape index (κ1) is 15.8. The highest BCUT2D eigenvalue weighted by atomic mass is 19.1. The molecule has 0 aliphatic rings. The number of ether oxygens (including phenoxy) is 1. The summed E-state index contributed by atoms with van der Waals surface area (Å²) in [6.07, 6.45) is -0.0246. The molecule has 0 spiro atoms. The molecule has 108 valence electrons. The van der Waals surface area contributed by atoms with Crippen molar-refractivity contribution in [1.29, 1.82) is 0 Å². The first-order valence-corrected chi connectivity index (χ1v) is 6.29. The molecule has 1 aromatic rings. The van der Waals surface area contributed by atoms with E-state index in [9.17, 15) is 9.18 Å². The van der Waals surface area contributed by atoms with E-state index in [1.54, 1.807) is 26.8 Å². The Labute approximate surface area is 118 Å². The predicted octanol–water partition coefficient (Wildman–Crippen LogP) is 2.67. The summed E-state index contributed by atoms with van der Waals surface area (Å²) >= 11 is 0. The zero-order valence-corrected chi connectivity index (χ0v) is 11.9. The molecule has 0 aliphatic carbocycles. The lowest BCUT2D eigenvalue weighted by molar-refractivity contribution is 0.0529. The highest BCUT2D eigenvalue weighted by molar-refractivity contribution is 5.67. The van der Waals surface area contributed by atoms with E-state index >= 15 is 0 Å². The Morgan fingerprint density at radius 3 is 2.75 bits per heavy atom. The van der Waals surface area contributed by atoms with Gasteiger partial charge in [-0.05, 0) is 39.0 Å². The van der Waals surface area contributed by atoms with Crippen LogP contribution in [-0.4, -0.2) is 18.2 Å². The third-order valence-corrected chi connectivity index (χ3v) is 2.15. The number of carbonyl (C=O) groups excluding carboxylic acids is 1. The molecule has 0 aliphatic heterocycles. The Bertz CT molecular complexity index is 539. The van der Waals surface area contributed by atoms with E-state index in [0.29, 0.717) is 18.5 Å². The standard InChI is InChI=1S/C15H19FN2O2/c1-15(2,3)20-14(19)18-9-5-4-6-11-7-8-13(17)12(16)10-11/h7-8,10H,5,9,17H2,1-3H3,(H,18,19). The fourth-order valence-electron chi connectivity index (χ4n) is 1.31. The number of rotatable bonds is 2. The van der Waals surface area contributed by atoms with E-state index in [1.165, 1.54) is 12.1 Å². The second-order valence-electron chi connectivity index (χ2n) is 5.22. The molecule has 0 fully saturated rings. The number of nitrogens with one attached hydrogen (secondary N) is 1. The maximum atomic E-state index is 13.2. The molecule has 1 aromatic carbocycles. The predicted molar refractivity (Wildman–Crippen MR) is 76.5 cm³/mol. The third-order valence-electron chi connectivity index (χ3n) is 2.15. The van der Waals surface area contributed by atoms with Gasteiger partial charge in [0.1, 0.15) is 11.4 Å². The van der Waals surface area contributed by atoms with Crippen LogP contribution in [0.4, 0.5) is 14.9 Å². The number of benzene rings is 1. The van der Waals surface area contributed by atoms with E-state index in [1.807, 2.05) is 0 Å². The van der Waals surface area contributed by atoms with Crippen LogP contribution in [0.25, 0.3) is 0 Å². The monoisotopic (exact) mass is 278 g/mol. The molecule has 5 heteroatoms. The van der Waals surface area contributed by atoms with Gasteiger partial charge >= 0.3 is 6.09 Å². The molecular formula is C15H19FN2O2. The van der Waals surface area contributed by atoms with Crippen molar-refractivity contribution in [2.24, 2.45) is 0 Å². The summed E-state index contributed by atoms with van der Waals surface area (Å²) in [5.74, 6) is 5.15. The second-order valence-corrected chi connectivity index (χ2v) is 5.22. The van der Waals surface area contributed by atoms with Crippen LogP contribution in [0, 0.1) is 17.7 Å². The molecule has 1 rings (SSSR count). The van der Waals surface area contributed by atoms with Gasteiger partial charge in [0.2, 0.25) is 0 Å². The Morgan fingerprint density at radius 1 is 1.45 bits per heavy atom. The number of nitrogen functional groups attached to an aromatic ring is 1. The van der Waals surface area contributed by atoms with Gasteiger partial charge in [0, 0.05) is 18.5 Å². The van der Waals surface area contributed by atoms with Gasteiger partial charge in [-0.1, -0.05) is 11.8 Å². The van der Waals surface area contributed by atoms with Crippen LogP contribution in [0.15, 0.2) is 18.2 Å². The minimum Gasteiger partial charge on any atom is -0.444 e. The summed E-state index contributed by atoms with van der Waals surface area (Å²) in [5.41, 5.74) is 5.50. The van der Waals surface area contributed by atoms with E-state index in [-0.39, 0.29) is 5.69 Å². The van der Waals surface area contributed by atoms with Crippen molar-refractivity contribution in [2.45, 2.75) is 32.8 Å². The lowest BCUT2D eigenvalue weighted by Gasteiger charge is -2.19. The van der Waals surface area contributed by atoms with Crippen molar-refractivity contribution in [3.05, 3.63) is 29.6 Å². The van der Waals surface area contributed by atoms with E-state index in [0.717, 1.165) is 0 Å². The van der Waals surface area contributed by atoms with E-state index in [2.05, 4.69) is 17.2 Å². The topological polar surface area (TPSA) is 64.3 Å². The minimum absolute atomic E-state index is 0.0992. The number of carbonyl (C=O) groups is 1. The van der Waals surface area contributed by atoms with Crippen LogP contribution >= 0.6 is 0 Å². The largest absolute Gasteiger partial charge is 0.444 e. The van der Waals surface area contributed by atoms with Gasteiger partial charge in [-0.2, -0.15) is 0 Å². The van der Waals surface area contributed by atoms with Crippen LogP contribution in [-0.2, 0) is 4.74 Å². The third kappa shape index (κ3) is 6.10. The molecule has 0 saturated carbocycles. The van der Waals surface area contributed by atoms with Gasteiger partial charge in [0.05, 0.1) is 5.69 Å². The van der Waals surface area contributed by atoms with Gasteiger partial charge in [-0.25, -0.2) is 9.18 Å². The van der Waals surface area contributed by atoms with Crippen LogP contribution in [0.5, 0.6) is 0 Å². The first-order valence-electron chi connectivity index (χ1n) is 6.29. The van der Waals surface area contributed by atoms with Gasteiger partial charge in [-0.3, -0.25) is 0 Å². The Balaban J connectivity index is 2.36. The van der Waals surface area contributed by atoms with Crippen molar-refractivity contribution < 1.29 is 13.9 Å². The van der Waals surface area contributed by atoms with Gasteiger partial charge in [0.15, 0.2) is 0 Å². The molecule has 0 bridgehead atoms. The average molecular weight is 278 g/mol. The van der Waals surface area contributed by atoms with Crippen LogP contribution < -0.4 is 11.1 Å². The SMILES string of the molecule is CC(C)(C)OC(=O)NCCC#Cc1ccc(N)c(F)c1. The number of amides is 1. The zero-order valence-electron chi connectivity index (χ0n) is 11.9. The smallest absolute Gasteiger partial charge is 0.407 e. The lowest BCUT2D eigenvalue weighted by atomic mass is 10.2. The molecule has 0 aromatic heterocycles. The molecule has 0 unspecified atom stereocenters. The summed E-state index contributed by atoms with van der Waals surface area (Å²) < 4.78 is 18.2. The summed E-state index contributed by atoms with van der Waals surface area (Å²) in [4.78, 5) is 11.3. The van der Waals surface area contributed by atoms with Crippen molar-refractivity contribution in [2.75, 3.05) is 12.3 Å². The normalized spacial score (nSPS) is 10.4. The van der Waals surface area contributed by atoms with E-state index in [4.69, 9.17) is 10.5 Å². The Kier molecular flexibility index (Phi) is 5.39. The zero-order chi connectivity index (χ0) is 15.2. The number of hydrogen-bond acceptors (Lipinski definition) is 3. The van der Waals surface area contributed by atoms with Gasteiger partial charge < -0.3 is 15.8 Å². The lowest BCUT2D eigenvalue weighted by Crippen LogP contribution is -2.32. The molecule has 1 amide bonds. The highest BCUT2D eigenvalue weighted by Crippen LogP contribution is 2.10. The van der Waals surface area contributed by atoms with Gasteiger partial charge in [0.25, 0.3) is 0 Å².